The number of carbonyl (C=O) groups excluding carboxylic acids is 1. The van der Waals surface area contributed by atoms with Crippen molar-refractivity contribution >= 4 is 29.2 Å². The summed E-state index contributed by atoms with van der Waals surface area (Å²) in [6.45, 7) is 0. The highest BCUT2D eigenvalue weighted by molar-refractivity contribution is 6.48. The van der Waals surface area contributed by atoms with Gasteiger partial charge in [-0.1, -0.05) is 23.2 Å². The molecule has 0 bridgehead atoms. The van der Waals surface area contributed by atoms with Crippen LogP contribution in [0.25, 0.3) is 0 Å². The van der Waals surface area contributed by atoms with Crippen LogP contribution in [0.15, 0.2) is 10.1 Å². The molecule has 6 heteroatoms. The minimum Gasteiger partial charge on any atom is -0.392 e. The van der Waals surface area contributed by atoms with Crippen LogP contribution in [0.3, 0.4) is 0 Å². The van der Waals surface area contributed by atoms with Crippen LogP contribution in [0.1, 0.15) is 0 Å². The lowest BCUT2D eigenvalue weighted by Crippen LogP contribution is -2.16. The molecule has 1 aliphatic rings. The van der Waals surface area contributed by atoms with E-state index in [-0.39, 0.29) is 0 Å². The molecule has 0 aromatic heterocycles. The summed E-state index contributed by atoms with van der Waals surface area (Å²) in [5.41, 5.74) is 0. The molecule has 0 amide bonds. The van der Waals surface area contributed by atoms with Crippen molar-refractivity contribution in [3.05, 3.63) is 10.1 Å². The average Bonchev–Trinajstić information content (AvgIpc) is 1.95. The number of carbonyl (C=O) groups is 1. The summed E-state index contributed by atoms with van der Waals surface area (Å²) in [7, 11) is 0. The van der Waals surface area contributed by atoms with Crippen LogP contribution in [-0.4, -0.2) is 12.1 Å². The second-order valence-corrected chi connectivity index (χ2v) is 2.29. The summed E-state index contributed by atoms with van der Waals surface area (Å²) >= 11 is 9.89. The monoisotopic (exact) mass is 188 g/mol. The summed E-state index contributed by atoms with van der Waals surface area (Å²) in [6, 6.07) is 0. The molecular formula is C4Cl2F2O2. The first-order valence-electron chi connectivity index (χ1n) is 2.12. The predicted molar refractivity (Wildman–Crippen MR) is 29.8 cm³/mol. The van der Waals surface area contributed by atoms with E-state index in [1.807, 2.05) is 0 Å². The highest BCUT2D eigenvalue weighted by atomic mass is 35.5. The Morgan fingerprint density at radius 3 is 2.00 bits per heavy atom. The molecule has 0 spiro atoms. The molecule has 0 fully saturated rings. The van der Waals surface area contributed by atoms with Crippen LogP contribution in [0.5, 0.6) is 0 Å². The fraction of sp³-hybridized carbons (Fsp3) is 0.250. The van der Waals surface area contributed by atoms with Crippen molar-refractivity contribution in [1.29, 1.82) is 0 Å². The van der Waals surface area contributed by atoms with Gasteiger partial charge in [0.05, 0.1) is 0 Å². The van der Waals surface area contributed by atoms with Gasteiger partial charge in [-0.25, -0.2) is 4.79 Å². The number of hydrogen-bond donors (Lipinski definition) is 0. The molecular weight excluding hydrogens is 189 g/mol. The number of esters is 1. The highest BCUT2D eigenvalue weighted by Gasteiger charge is 2.48. The van der Waals surface area contributed by atoms with Gasteiger partial charge in [-0.2, -0.15) is 8.78 Å². The summed E-state index contributed by atoms with van der Waals surface area (Å²) in [6.07, 6.45) is -3.74. The molecule has 10 heavy (non-hydrogen) atoms. The third-order valence-corrected chi connectivity index (χ3v) is 1.70. The third-order valence-electron chi connectivity index (χ3n) is 0.848. The minimum absolute atomic E-state index is 0.758. The smallest absolute Gasteiger partial charge is 0.392 e. The van der Waals surface area contributed by atoms with Crippen LogP contribution in [0, 0.1) is 0 Å². The molecule has 56 valence electrons. The van der Waals surface area contributed by atoms with E-state index in [1.165, 1.54) is 0 Å². The first-order valence-corrected chi connectivity index (χ1v) is 2.87. The van der Waals surface area contributed by atoms with Gasteiger partial charge in [0.2, 0.25) is 0 Å². The summed E-state index contributed by atoms with van der Waals surface area (Å²) in [5, 5.41) is -1.81. The Labute approximate surface area is 64.4 Å². The van der Waals surface area contributed by atoms with Gasteiger partial charge in [-0.15, -0.1) is 0 Å². The van der Waals surface area contributed by atoms with E-state index in [4.69, 9.17) is 23.2 Å². The zero-order chi connectivity index (χ0) is 7.94. The van der Waals surface area contributed by atoms with E-state index < -0.39 is 22.1 Å². The Morgan fingerprint density at radius 2 is 1.90 bits per heavy atom. The van der Waals surface area contributed by atoms with E-state index in [9.17, 15) is 13.6 Å². The van der Waals surface area contributed by atoms with Crippen LogP contribution in [0.4, 0.5) is 8.78 Å². The summed E-state index contributed by atoms with van der Waals surface area (Å²) in [4.78, 5) is 10.2. The Bertz CT molecular complexity index is 223. The molecule has 0 saturated heterocycles. The molecule has 0 N–H and O–H groups in total. The van der Waals surface area contributed by atoms with Gasteiger partial charge < -0.3 is 4.74 Å². The topological polar surface area (TPSA) is 26.3 Å². The second-order valence-electron chi connectivity index (χ2n) is 1.53. The van der Waals surface area contributed by atoms with Crippen LogP contribution < -0.4 is 0 Å². The lowest BCUT2D eigenvalue weighted by Gasteiger charge is -2.05. The molecule has 2 nitrogen and oxygen atoms in total. The van der Waals surface area contributed by atoms with Gasteiger partial charge in [0, 0.05) is 0 Å². The molecule has 0 aliphatic carbocycles. The van der Waals surface area contributed by atoms with Gasteiger partial charge in [0.25, 0.3) is 0 Å². The fourth-order valence-corrected chi connectivity index (χ4v) is 0.688. The van der Waals surface area contributed by atoms with Crippen LogP contribution >= 0.6 is 23.2 Å². The van der Waals surface area contributed by atoms with Crippen molar-refractivity contribution < 1.29 is 18.3 Å². The average molecular weight is 189 g/mol. The number of alkyl halides is 2. The van der Waals surface area contributed by atoms with Crippen LogP contribution in [0.2, 0.25) is 0 Å². The molecule has 1 aliphatic heterocycles. The van der Waals surface area contributed by atoms with Crippen LogP contribution in [-0.2, 0) is 9.53 Å². The van der Waals surface area contributed by atoms with Crippen molar-refractivity contribution in [1.82, 2.24) is 0 Å². The Hall–Kier alpha value is -0.350. The maximum absolute atomic E-state index is 12.1. The molecule has 0 atom stereocenters. The van der Waals surface area contributed by atoms with E-state index in [0.717, 1.165) is 0 Å². The predicted octanol–water partition coefficient (Wildman–Crippen LogP) is 1.83. The van der Waals surface area contributed by atoms with E-state index >= 15 is 0 Å². The standard InChI is InChI=1S/C4Cl2F2O2/c5-1-2(6)4(7,8)10-3(1)9. The quantitative estimate of drug-likeness (QED) is 0.543. The van der Waals surface area contributed by atoms with E-state index in [0.29, 0.717) is 0 Å². The Balaban J connectivity index is 3.06. The van der Waals surface area contributed by atoms with Gasteiger partial charge in [0.15, 0.2) is 10.1 Å². The number of halogens is 4. The first-order chi connectivity index (χ1) is 4.45. The van der Waals surface area contributed by atoms with Crippen molar-refractivity contribution in [3.8, 4) is 0 Å². The fourth-order valence-electron chi connectivity index (χ4n) is 0.423. The molecule has 0 aromatic carbocycles. The summed E-state index contributed by atoms with van der Waals surface area (Å²) < 4.78 is 27.7. The van der Waals surface area contributed by atoms with Gasteiger partial charge >= 0.3 is 12.1 Å². The van der Waals surface area contributed by atoms with E-state index in [1.54, 1.807) is 0 Å². The largest absolute Gasteiger partial charge is 0.441 e. The first kappa shape index (κ1) is 7.75. The zero-order valence-electron chi connectivity index (χ0n) is 4.33. The van der Waals surface area contributed by atoms with E-state index in [2.05, 4.69) is 4.74 Å². The normalized spacial score (nSPS) is 23.4. The highest BCUT2D eigenvalue weighted by Crippen LogP contribution is 2.39. The molecule has 1 rings (SSSR count). The van der Waals surface area contributed by atoms with Gasteiger partial charge in [-0.3, -0.25) is 0 Å². The minimum atomic E-state index is -3.74. The number of ether oxygens (including phenoxy) is 1. The second kappa shape index (κ2) is 2.07. The summed E-state index contributed by atoms with van der Waals surface area (Å²) in [5.74, 6) is -1.29. The molecule has 1 heterocycles. The number of rotatable bonds is 0. The molecule has 0 aromatic rings. The third kappa shape index (κ3) is 0.973. The van der Waals surface area contributed by atoms with Gasteiger partial charge in [0.1, 0.15) is 0 Å². The maximum Gasteiger partial charge on any atom is 0.441 e. The molecule has 0 saturated carbocycles. The lowest BCUT2D eigenvalue weighted by atomic mass is 10.5. The Morgan fingerprint density at radius 1 is 1.40 bits per heavy atom. The molecule has 0 unspecified atom stereocenters. The Kier molecular flexibility index (Phi) is 1.60. The number of cyclic esters (lactones) is 1. The zero-order valence-corrected chi connectivity index (χ0v) is 5.84. The van der Waals surface area contributed by atoms with Gasteiger partial charge in [-0.05, 0) is 0 Å². The lowest BCUT2D eigenvalue weighted by molar-refractivity contribution is -0.196. The van der Waals surface area contributed by atoms with Crippen molar-refractivity contribution in [2.24, 2.45) is 0 Å². The number of hydrogen-bond acceptors (Lipinski definition) is 2. The van der Waals surface area contributed by atoms with Crippen molar-refractivity contribution in [2.75, 3.05) is 0 Å². The maximum atomic E-state index is 12.1. The molecule has 0 radical (unpaired) electrons. The SMILES string of the molecule is O=C1OC(F)(F)C(Cl)=C1Cl. The van der Waals surface area contributed by atoms with Crippen molar-refractivity contribution in [3.63, 3.8) is 0 Å². The van der Waals surface area contributed by atoms with Crippen molar-refractivity contribution in [2.45, 2.75) is 6.11 Å².